The minimum atomic E-state index is 0.583. The van der Waals surface area contributed by atoms with Crippen molar-refractivity contribution in [2.45, 2.75) is 0 Å². The van der Waals surface area contributed by atoms with E-state index in [2.05, 4.69) is 158 Å². The number of aromatic nitrogens is 7. The van der Waals surface area contributed by atoms with Gasteiger partial charge in [-0.15, -0.1) is 0 Å². The zero-order chi connectivity index (χ0) is 38.2. The van der Waals surface area contributed by atoms with Crippen LogP contribution in [0.25, 0.3) is 111 Å². The summed E-state index contributed by atoms with van der Waals surface area (Å²) in [4.78, 5) is 25.3. The Hall–Kier alpha value is -8.03. The van der Waals surface area contributed by atoms with E-state index in [9.17, 15) is 0 Å². The Labute approximate surface area is 332 Å². The zero-order valence-corrected chi connectivity index (χ0v) is 31.0. The van der Waals surface area contributed by atoms with Gasteiger partial charge in [-0.1, -0.05) is 127 Å². The van der Waals surface area contributed by atoms with Crippen molar-refractivity contribution in [1.82, 2.24) is 33.9 Å². The van der Waals surface area contributed by atoms with Gasteiger partial charge in [-0.25, -0.2) is 15.0 Å². The third kappa shape index (κ3) is 4.97. The number of hydrogen-bond donors (Lipinski definition) is 0. The van der Waals surface area contributed by atoms with Crippen molar-refractivity contribution in [2.75, 3.05) is 0 Å². The number of rotatable bonds is 5. The van der Waals surface area contributed by atoms with Crippen molar-refractivity contribution in [1.29, 1.82) is 0 Å². The first-order valence-corrected chi connectivity index (χ1v) is 19.3. The van der Waals surface area contributed by atoms with E-state index in [1.165, 1.54) is 0 Å². The fourth-order valence-electron chi connectivity index (χ4n) is 8.56. The molecule has 58 heavy (non-hydrogen) atoms. The number of hydrogen-bond acceptors (Lipinski definition) is 5. The molecule has 0 spiro atoms. The number of para-hydroxylation sites is 3. The van der Waals surface area contributed by atoms with E-state index < -0.39 is 0 Å². The van der Waals surface area contributed by atoms with Crippen LogP contribution in [0.5, 0.6) is 0 Å². The topological polar surface area (TPSA) is 73.8 Å². The van der Waals surface area contributed by atoms with Gasteiger partial charge in [0.1, 0.15) is 5.65 Å². The Balaban J connectivity index is 1.17. The maximum atomic E-state index is 5.44. The van der Waals surface area contributed by atoms with Gasteiger partial charge >= 0.3 is 0 Å². The van der Waals surface area contributed by atoms with Crippen LogP contribution in [0.1, 0.15) is 0 Å². The molecule has 0 bridgehead atoms. The molecule has 0 aliphatic heterocycles. The van der Waals surface area contributed by atoms with Gasteiger partial charge in [-0.3, -0.25) is 18.9 Å². The quantitative estimate of drug-likeness (QED) is 0.164. The SMILES string of the molecule is c1ccc(-c2ccc(-c3cc(-c4ccc(-c5ccccn5)cc4)nc(-n4c5ccccc5c5ccc6c7ccccc7c7nc8ccccc8n7c6c54)n3)cc2)nc1. The Morgan fingerprint density at radius 1 is 0.345 bits per heavy atom. The van der Waals surface area contributed by atoms with Gasteiger partial charge in [-0.2, -0.15) is 0 Å². The van der Waals surface area contributed by atoms with E-state index in [0.717, 1.165) is 105 Å². The van der Waals surface area contributed by atoms with Crippen LogP contribution >= 0.6 is 0 Å². The third-order valence-electron chi connectivity index (χ3n) is 11.2. The first kappa shape index (κ1) is 32.2. The second kappa shape index (κ2) is 12.8. The van der Waals surface area contributed by atoms with Crippen LogP contribution in [0, 0.1) is 0 Å². The van der Waals surface area contributed by atoms with Crippen LogP contribution < -0.4 is 0 Å². The summed E-state index contributed by atoms with van der Waals surface area (Å²) in [6.07, 6.45) is 3.65. The van der Waals surface area contributed by atoms with Crippen LogP contribution in [0.3, 0.4) is 0 Å². The molecule has 0 unspecified atom stereocenters. The van der Waals surface area contributed by atoms with Crippen molar-refractivity contribution in [3.05, 3.63) is 188 Å². The maximum Gasteiger partial charge on any atom is 0.235 e. The molecule has 0 radical (unpaired) electrons. The monoisotopic (exact) mass is 741 g/mol. The van der Waals surface area contributed by atoms with E-state index in [1.54, 1.807) is 0 Å². The Bertz CT molecular complexity index is 3430. The number of imidazole rings is 1. The molecule has 0 aliphatic carbocycles. The molecule has 0 saturated heterocycles. The standard InChI is InChI=1S/C51H31N7/c1-2-13-40-36(11-1)38-27-28-39-37-12-3-5-17-46(37)58(49(39)48(38)57-47-18-6-4-16-43(47)54-50(40)57)51-55-44(34-23-19-32(20-24-34)41-14-7-9-29-52-41)31-45(56-51)35-25-21-33(22-26-35)42-15-8-10-30-53-42/h1-31H. The summed E-state index contributed by atoms with van der Waals surface area (Å²) in [6.45, 7) is 0. The molecule has 12 rings (SSSR count). The van der Waals surface area contributed by atoms with E-state index >= 15 is 0 Å². The van der Waals surface area contributed by atoms with Crippen molar-refractivity contribution >= 4 is 60.2 Å². The Kier molecular flexibility index (Phi) is 7.09. The normalized spacial score (nSPS) is 11.8. The van der Waals surface area contributed by atoms with E-state index in [-0.39, 0.29) is 0 Å². The summed E-state index contributed by atoms with van der Waals surface area (Å²) in [6, 6.07) is 61.0. The van der Waals surface area contributed by atoms with Gasteiger partial charge in [0.25, 0.3) is 0 Å². The number of benzene rings is 6. The number of pyridine rings is 3. The highest BCUT2D eigenvalue weighted by molar-refractivity contribution is 6.24. The van der Waals surface area contributed by atoms with Crippen LogP contribution in [0.15, 0.2) is 188 Å². The van der Waals surface area contributed by atoms with E-state index in [1.807, 2.05) is 48.8 Å². The van der Waals surface area contributed by atoms with Crippen LogP contribution in [-0.2, 0) is 0 Å². The molecule has 7 heteroatoms. The first-order valence-electron chi connectivity index (χ1n) is 19.3. The minimum Gasteiger partial charge on any atom is -0.290 e. The molecule has 6 aromatic heterocycles. The van der Waals surface area contributed by atoms with Crippen molar-refractivity contribution in [3.8, 4) is 51.0 Å². The summed E-state index contributed by atoms with van der Waals surface area (Å²) in [5, 5.41) is 5.63. The van der Waals surface area contributed by atoms with Crippen molar-refractivity contribution in [3.63, 3.8) is 0 Å². The lowest BCUT2D eigenvalue weighted by molar-refractivity contribution is 0.996. The summed E-state index contributed by atoms with van der Waals surface area (Å²) in [7, 11) is 0. The molecule has 0 saturated carbocycles. The lowest BCUT2D eigenvalue weighted by Crippen LogP contribution is -2.05. The van der Waals surface area contributed by atoms with Gasteiger partial charge < -0.3 is 0 Å². The summed E-state index contributed by atoms with van der Waals surface area (Å²) >= 11 is 0. The van der Waals surface area contributed by atoms with Crippen LogP contribution in [-0.4, -0.2) is 33.9 Å². The molecule has 0 atom stereocenters. The highest BCUT2D eigenvalue weighted by Gasteiger charge is 2.23. The summed E-state index contributed by atoms with van der Waals surface area (Å²) in [5.74, 6) is 0.583. The second-order valence-electron chi connectivity index (χ2n) is 14.5. The van der Waals surface area contributed by atoms with Gasteiger partial charge in [0, 0.05) is 56.2 Å². The first-order chi connectivity index (χ1) is 28.8. The molecule has 6 heterocycles. The van der Waals surface area contributed by atoms with Gasteiger partial charge in [0.15, 0.2) is 0 Å². The summed E-state index contributed by atoms with van der Waals surface area (Å²) in [5.41, 5.74) is 13.6. The highest BCUT2D eigenvalue weighted by atomic mass is 15.2. The molecule has 12 aromatic rings. The fourth-order valence-corrected chi connectivity index (χ4v) is 8.56. The maximum absolute atomic E-state index is 5.44. The largest absolute Gasteiger partial charge is 0.290 e. The average Bonchev–Trinajstić information content (AvgIpc) is 3.86. The zero-order valence-electron chi connectivity index (χ0n) is 31.0. The van der Waals surface area contributed by atoms with E-state index in [4.69, 9.17) is 15.0 Å². The van der Waals surface area contributed by atoms with Crippen LogP contribution in [0.2, 0.25) is 0 Å². The molecule has 270 valence electrons. The predicted molar refractivity (Wildman–Crippen MR) is 235 cm³/mol. The van der Waals surface area contributed by atoms with Crippen molar-refractivity contribution in [2.24, 2.45) is 0 Å². The smallest absolute Gasteiger partial charge is 0.235 e. The molecular formula is C51H31N7. The number of fused-ring (bicyclic) bond motifs is 12. The molecule has 0 amide bonds. The molecule has 6 aromatic carbocycles. The Morgan fingerprint density at radius 2 is 0.845 bits per heavy atom. The second-order valence-corrected chi connectivity index (χ2v) is 14.5. The molecule has 0 aliphatic rings. The highest BCUT2D eigenvalue weighted by Crippen LogP contribution is 2.41. The molecule has 7 nitrogen and oxygen atoms in total. The van der Waals surface area contributed by atoms with Crippen molar-refractivity contribution < 1.29 is 0 Å². The van der Waals surface area contributed by atoms with Gasteiger partial charge in [-0.05, 0) is 53.9 Å². The Morgan fingerprint density at radius 3 is 1.45 bits per heavy atom. The summed E-state index contributed by atoms with van der Waals surface area (Å²) < 4.78 is 4.59. The van der Waals surface area contributed by atoms with Gasteiger partial charge in [0.05, 0.1) is 50.4 Å². The van der Waals surface area contributed by atoms with E-state index in [0.29, 0.717) is 5.95 Å². The average molecular weight is 742 g/mol. The minimum absolute atomic E-state index is 0.583. The molecule has 0 fully saturated rings. The fraction of sp³-hybridized carbons (Fsp3) is 0. The van der Waals surface area contributed by atoms with Gasteiger partial charge in [0.2, 0.25) is 5.95 Å². The number of nitrogens with zero attached hydrogens (tertiary/aromatic N) is 7. The lowest BCUT2D eigenvalue weighted by Gasteiger charge is -2.15. The van der Waals surface area contributed by atoms with Crippen LogP contribution in [0.4, 0.5) is 0 Å². The molecule has 0 N–H and O–H groups in total. The third-order valence-corrected chi connectivity index (χ3v) is 11.2. The molecular weight excluding hydrogens is 711 g/mol. The lowest BCUT2D eigenvalue weighted by atomic mass is 10.0. The predicted octanol–water partition coefficient (Wildman–Crippen LogP) is 12.1.